The first kappa shape index (κ1) is 26.7. The van der Waals surface area contributed by atoms with Crippen molar-refractivity contribution < 1.29 is 4.39 Å². The molecule has 0 bridgehead atoms. The molecule has 3 rings (SSSR count). The normalized spacial score (nSPS) is 16.8. The van der Waals surface area contributed by atoms with Crippen LogP contribution in [0.2, 0.25) is 0 Å². The second-order valence-corrected chi connectivity index (χ2v) is 9.16. The van der Waals surface area contributed by atoms with Crippen LogP contribution in [-0.2, 0) is 6.42 Å². The zero-order valence-electron chi connectivity index (χ0n) is 21.5. The minimum absolute atomic E-state index is 0.130. The quantitative estimate of drug-likeness (QED) is 0.282. The van der Waals surface area contributed by atoms with Gasteiger partial charge in [0.1, 0.15) is 5.82 Å². The van der Waals surface area contributed by atoms with Gasteiger partial charge < -0.3 is 10.8 Å². The third-order valence-corrected chi connectivity index (χ3v) is 6.58. The summed E-state index contributed by atoms with van der Waals surface area (Å²) in [7, 11) is 0. The van der Waals surface area contributed by atoms with Crippen LogP contribution in [0.25, 0.3) is 21.7 Å². The fourth-order valence-corrected chi connectivity index (χ4v) is 4.53. The Labute approximate surface area is 213 Å². The summed E-state index contributed by atoms with van der Waals surface area (Å²) in [6.07, 6.45) is 9.90. The van der Waals surface area contributed by atoms with Gasteiger partial charge >= 0.3 is 0 Å². The molecule has 0 saturated heterocycles. The van der Waals surface area contributed by atoms with Gasteiger partial charge in [-0.15, -0.1) is 0 Å². The van der Waals surface area contributed by atoms with E-state index in [2.05, 4.69) is 28.9 Å². The molecule has 5 heteroatoms. The standard InChI is InChI=1S/C31H34FN4/c1-6-23-8-14-30(32)28(18-23)22(4)31(36-16-15-33)25-9-7-20(2)27(19-25)29(17-21(3)34)24-10-12-26(35-5)13-11-24/h5,7-10,14-19,26,33-34H,6,11-13H2,1-4H3/q+1/b29-17-,31-22+,33-15?,34-21?,36-16?. The highest BCUT2D eigenvalue weighted by Gasteiger charge is 2.24. The second-order valence-electron chi connectivity index (χ2n) is 9.16. The third kappa shape index (κ3) is 6.20. The van der Waals surface area contributed by atoms with Crippen molar-refractivity contribution in [1.29, 1.82) is 10.8 Å². The smallest absolute Gasteiger partial charge is 0.275 e. The van der Waals surface area contributed by atoms with Gasteiger partial charge in [0.05, 0.1) is 5.70 Å². The van der Waals surface area contributed by atoms with E-state index in [4.69, 9.17) is 17.4 Å². The van der Waals surface area contributed by atoms with E-state index < -0.39 is 0 Å². The van der Waals surface area contributed by atoms with E-state index in [1.165, 1.54) is 17.9 Å². The van der Waals surface area contributed by atoms with Gasteiger partial charge in [-0.3, -0.25) is 4.99 Å². The zero-order chi connectivity index (χ0) is 26.2. The highest BCUT2D eigenvalue weighted by atomic mass is 19.1. The first-order chi connectivity index (χ1) is 17.3. The maximum absolute atomic E-state index is 14.9. The van der Waals surface area contributed by atoms with Crippen LogP contribution in [-0.4, -0.2) is 24.2 Å². The molecular formula is C31H34FN4+. The minimum Gasteiger partial charge on any atom is -0.307 e. The van der Waals surface area contributed by atoms with E-state index in [1.54, 1.807) is 13.0 Å². The summed E-state index contributed by atoms with van der Waals surface area (Å²) >= 11 is 0. The molecule has 1 atom stereocenters. The molecule has 0 aliphatic heterocycles. The van der Waals surface area contributed by atoms with E-state index in [-0.39, 0.29) is 11.9 Å². The van der Waals surface area contributed by atoms with Gasteiger partial charge in [-0.05, 0) is 91.3 Å². The van der Waals surface area contributed by atoms with Crippen molar-refractivity contribution in [2.24, 2.45) is 4.99 Å². The lowest BCUT2D eigenvalue weighted by Gasteiger charge is -2.20. The molecule has 0 saturated carbocycles. The predicted molar refractivity (Wildman–Crippen MR) is 152 cm³/mol. The molecule has 0 fully saturated rings. The number of halogens is 1. The van der Waals surface area contributed by atoms with Crippen molar-refractivity contribution in [2.45, 2.75) is 59.4 Å². The molecule has 184 valence electrons. The van der Waals surface area contributed by atoms with Crippen molar-refractivity contribution >= 4 is 35.0 Å². The number of allylic oxidation sites excluding steroid dienone is 4. The minimum atomic E-state index is -0.299. The lowest BCUT2D eigenvalue weighted by Crippen LogP contribution is -2.09. The van der Waals surface area contributed by atoms with Crippen LogP contribution >= 0.6 is 0 Å². The Kier molecular flexibility index (Phi) is 9.02. The molecule has 4 nitrogen and oxygen atoms in total. The van der Waals surface area contributed by atoms with Crippen LogP contribution in [0.1, 0.15) is 67.9 Å². The summed E-state index contributed by atoms with van der Waals surface area (Å²) in [6.45, 7) is 13.3. The van der Waals surface area contributed by atoms with Gasteiger partial charge in [-0.1, -0.05) is 36.0 Å². The maximum Gasteiger partial charge on any atom is 0.275 e. The topological polar surface area (TPSA) is 64.4 Å². The van der Waals surface area contributed by atoms with E-state index in [9.17, 15) is 4.39 Å². The zero-order valence-corrected chi connectivity index (χ0v) is 21.5. The molecule has 0 radical (unpaired) electrons. The van der Waals surface area contributed by atoms with E-state index in [0.29, 0.717) is 22.5 Å². The van der Waals surface area contributed by atoms with Gasteiger partial charge in [0, 0.05) is 42.1 Å². The van der Waals surface area contributed by atoms with Crippen molar-refractivity contribution in [3.63, 3.8) is 0 Å². The van der Waals surface area contributed by atoms with Crippen molar-refractivity contribution in [3.05, 3.63) is 92.6 Å². The fraction of sp³-hybridized carbons (Fsp3) is 0.290. The number of nitrogens with zero attached hydrogens (tertiary/aromatic N) is 2. The average molecular weight is 482 g/mol. The summed E-state index contributed by atoms with van der Waals surface area (Å²) in [6, 6.07) is 11.4. The van der Waals surface area contributed by atoms with Crippen LogP contribution in [0.4, 0.5) is 4.39 Å². The Morgan fingerprint density at radius 3 is 2.58 bits per heavy atom. The van der Waals surface area contributed by atoms with E-state index >= 15 is 0 Å². The van der Waals surface area contributed by atoms with Crippen molar-refractivity contribution in [3.8, 4) is 6.57 Å². The largest absolute Gasteiger partial charge is 0.307 e. The number of benzene rings is 2. The molecule has 1 aliphatic carbocycles. The summed E-state index contributed by atoms with van der Waals surface area (Å²) in [5.74, 6) is -0.299. The SMILES string of the molecule is C#[N+]C1CC=C(/C(=C/C(C)=N)c2cc(/C(N=CC=N)=C(/C)c3cc(CC)ccc3F)ccc2C)CC1. The number of nitrogens with one attached hydrogen (secondary N) is 2. The highest BCUT2D eigenvalue weighted by Crippen LogP contribution is 2.36. The highest BCUT2D eigenvalue weighted by molar-refractivity contribution is 6.16. The Morgan fingerprint density at radius 1 is 1.19 bits per heavy atom. The van der Waals surface area contributed by atoms with Crippen molar-refractivity contribution in [2.75, 3.05) is 0 Å². The third-order valence-electron chi connectivity index (χ3n) is 6.58. The molecule has 0 heterocycles. The number of rotatable bonds is 8. The van der Waals surface area contributed by atoms with Gasteiger partial charge in [0.25, 0.3) is 12.6 Å². The summed E-state index contributed by atoms with van der Waals surface area (Å²) in [5.41, 5.74) is 8.41. The molecule has 2 aromatic carbocycles. The van der Waals surface area contributed by atoms with Gasteiger partial charge in [0.15, 0.2) is 0 Å². The molecule has 2 N–H and O–H groups in total. The first-order valence-electron chi connectivity index (χ1n) is 12.3. The molecule has 0 amide bonds. The van der Waals surface area contributed by atoms with Gasteiger partial charge in [-0.25, -0.2) is 4.39 Å². The molecule has 2 aromatic rings. The average Bonchev–Trinajstić information content (AvgIpc) is 2.88. The number of hydrogen-bond acceptors (Lipinski definition) is 3. The Balaban J connectivity index is 2.21. The Hall–Kier alpha value is -3.91. The summed E-state index contributed by atoms with van der Waals surface area (Å²) < 4.78 is 14.9. The van der Waals surface area contributed by atoms with E-state index in [1.807, 2.05) is 38.1 Å². The number of aryl methyl sites for hydroxylation is 2. The number of aliphatic imine (C=N–C) groups is 1. The molecule has 0 spiro atoms. The molecule has 1 unspecified atom stereocenters. The van der Waals surface area contributed by atoms with Crippen LogP contribution in [0.3, 0.4) is 0 Å². The molecule has 0 aromatic heterocycles. The van der Waals surface area contributed by atoms with Crippen molar-refractivity contribution in [1.82, 2.24) is 0 Å². The first-order valence-corrected chi connectivity index (χ1v) is 12.3. The van der Waals surface area contributed by atoms with Crippen LogP contribution in [0.5, 0.6) is 0 Å². The lowest BCUT2D eigenvalue weighted by molar-refractivity contribution is 0.623. The van der Waals surface area contributed by atoms with Crippen LogP contribution in [0.15, 0.2) is 59.1 Å². The Morgan fingerprint density at radius 2 is 1.97 bits per heavy atom. The summed E-state index contributed by atoms with van der Waals surface area (Å²) in [5, 5.41) is 15.6. The Bertz CT molecular complexity index is 1330. The predicted octanol–water partition coefficient (Wildman–Crippen LogP) is 8.17. The molecular weight excluding hydrogens is 447 g/mol. The number of hydrogen-bond donors (Lipinski definition) is 2. The van der Waals surface area contributed by atoms with Gasteiger partial charge in [-0.2, -0.15) is 0 Å². The van der Waals surface area contributed by atoms with Crippen LogP contribution in [0, 0.1) is 30.1 Å². The molecule has 36 heavy (non-hydrogen) atoms. The second kappa shape index (κ2) is 12.2. The maximum atomic E-state index is 14.9. The van der Waals surface area contributed by atoms with Gasteiger partial charge in [0.2, 0.25) is 0 Å². The summed E-state index contributed by atoms with van der Waals surface area (Å²) in [4.78, 5) is 8.50. The van der Waals surface area contributed by atoms with E-state index in [0.717, 1.165) is 59.7 Å². The molecule has 1 aliphatic rings. The monoisotopic (exact) mass is 481 g/mol. The fourth-order valence-electron chi connectivity index (χ4n) is 4.53. The van der Waals surface area contributed by atoms with Crippen LogP contribution < -0.4 is 0 Å². The lowest BCUT2D eigenvalue weighted by atomic mass is 9.84.